The van der Waals surface area contributed by atoms with Gasteiger partial charge in [-0.05, 0) is 52.5 Å². The Labute approximate surface area is 258 Å². The van der Waals surface area contributed by atoms with Crippen LogP contribution in [0, 0.1) is 0 Å². The number of benzene rings is 6. The summed E-state index contributed by atoms with van der Waals surface area (Å²) in [4.78, 5) is 14.4. The number of fused-ring (bicyclic) bond motifs is 3. The molecule has 8 aromatic rings. The fraction of sp³-hybridized carbons (Fsp3) is 0. The third-order valence-corrected chi connectivity index (χ3v) is 7.22. The largest absolute Gasteiger partial charge is 0.456 e. The van der Waals surface area contributed by atoms with Gasteiger partial charge in [-0.15, -0.1) is 0 Å². The average molecular weight is 559 g/mol. The van der Waals surface area contributed by atoms with Crippen LogP contribution in [-0.2, 0) is 0 Å². The molecule has 0 amide bonds. The van der Waals surface area contributed by atoms with E-state index >= 15 is 0 Å². The zero-order chi connectivity index (χ0) is 34.7. The molecule has 0 bridgehead atoms. The molecule has 0 aliphatic carbocycles. The van der Waals surface area contributed by atoms with Crippen LogP contribution in [-0.4, -0.2) is 15.0 Å². The fourth-order valence-corrected chi connectivity index (χ4v) is 5.07. The highest BCUT2D eigenvalue weighted by Crippen LogP contribution is 2.33. The molecule has 4 nitrogen and oxygen atoms in total. The third-order valence-electron chi connectivity index (χ3n) is 7.22. The van der Waals surface area contributed by atoms with Crippen LogP contribution < -0.4 is 0 Å². The fourth-order valence-electron chi connectivity index (χ4n) is 5.07. The molecule has 0 unspecified atom stereocenters. The van der Waals surface area contributed by atoms with Gasteiger partial charge in [0.2, 0.25) is 0 Å². The van der Waals surface area contributed by atoms with Crippen molar-refractivity contribution in [1.29, 1.82) is 0 Å². The molecule has 4 heteroatoms. The first kappa shape index (κ1) is 18.5. The standard InChI is InChI=1S/C39H25N3O/c1-3-10-26(11-4-1)28-18-20-29(21-19-28)37-40-38(31-15-9-14-30(24-31)27-12-5-2-6-13-27)42-39(41-37)32-22-23-36-34(25-32)33-16-7-8-17-35(33)43-36/h1-25H/i7D,8D,16D,17D,22D,23D,25D. The molecule has 0 aliphatic heterocycles. The first-order chi connectivity index (χ1) is 24.2. The van der Waals surface area contributed by atoms with E-state index in [4.69, 9.17) is 27.6 Å². The maximum atomic E-state index is 9.31. The van der Waals surface area contributed by atoms with Crippen molar-refractivity contribution in [3.8, 4) is 56.4 Å². The Kier molecular flexibility index (Phi) is 4.53. The van der Waals surface area contributed by atoms with E-state index in [0.717, 1.165) is 22.3 Å². The third kappa shape index (κ3) is 4.75. The molecule has 2 heterocycles. The van der Waals surface area contributed by atoms with E-state index in [1.54, 1.807) is 0 Å². The van der Waals surface area contributed by atoms with Crippen molar-refractivity contribution in [3.05, 3.63) is 151 Å². The molecule has 202 valence electrons. The number of aromatic nitrogens is 3. The average Bonchev–Trinajstić information content (AvgIpc) is 3.58. The first-order valence-corrected chi connectivity index (χ1v) is 13.7. The van der Waals surface area contributed by atoms with Crippen LogP contribution in [0.2, 0.25) is 0 Å². The molecule has 0 atom stereocenters. The summed E-state index contributed by atoms with van der Waals surface area (Å²) in [6.45, 7) is 0. The van der Waals surface area contributed by atoms with Crippen LogP contribution in [0.1, 0.15) is 9.60 Å². The predicted molar refractivity (Wildman–Crippen MR) is 174 cm³/mol. The summed E-state index contributed by atoms with van der Waals surface area (Å²) >= 11 is 0. The van der Waals surface area contributed by atoms with Gasteiger partial charge in [0.15, 0.2) is 17.5 Å². The normalized spacial score (nSPS) is 13.5. The lowest BCUT2D eigenvalue weighted by atomic mass is 10.0. The molecule has 0 spiro atoms. The van der Waals surface area contributed by atoms with Gasteiger partial charge in [-0.1, -0.05) is 121 Å². The summed E-state index contributed by atoms with van der Waals surface area (Å²) in [5, 5.41) is -0.0443. The Bertz CT molecular complexity index is 2610. The Hall–Kier alpha value is -5.87. The topological polar surface area (TPSA) is 51.8 Å². The Morgan fingerprint density at radius 3 is 1.70 bits per heavy atom. The van der Waals surface area contributed by atoms with E-state index in [0.29, 0.717) is 22.8 Å². The highest BCUT2D eigenvalue weighted by molar-refractivity contribution is 6.06. The zero-order valence-electron chi connectivity index (χ0n) is 29.6. The number of hydrogen-bond donors (Lipinski definition) is 0. The van der Waals surface area contributed by atoms with E-state index in [-0.39, 0.29) is 51.5 Å². The smallest absolute Gasteiger partial charge is 0.164 e. The van der Waals surface area contributed by atoms with Gasteiger partial charge in [0.05, 0.1) is 9.60 Å². The lowest BCUT2D eigenvalue weighted by molar-refractivity contribution is 0.669. The monoisotopic (exact) mass is 558 g/mol. The molecule has 0 fully saturated rings. The van der Waals surface area contributed by atoms with E-state index in [1.807, 2.05) is 109 Å². The molecular weight excluding hydrogens is 526 g/mol. The van der Waals surface area contributed by atoms with E-state index in [9.17, 15) is 1.37 Å². The first-order valence-electron chi connectivity index (χ1n) is 17.2. The van der Waals surface area contributed by atoms with Crippen molar-refractivity contribution in [2.75, 3.05) is 0 Å². The van der Waals surface area contributed by atoms with Crippen molar-refractivity contribution in [3.63, 3.8) is 0 Å². The second-order valence-corrected chi connectivity index (χ2v) is 9.96. The summed E-state index contributed by atoms with van der Waals surface area (Å²) in [7, 11) is 0. The second-order valence-electron chi connectivity index (χ2n) is 9.96. The number of hydrogen-bond acceptors (Lipinski definition) is 4. The highest BCUT2D eigenvalue weighted by Gasteiger charge is 2.15. The van der Waals surface area contributed by atoms with Crippen LogP contribution >= 0.6 is 0 Å². The minimum absolute atomic E-state index is 0.00944. The van der Waals surface area contributed by atoms with Crippen LogP contribution in [0.15, 0.2) is 156 Å². The maximum Gasteiger partial charge on any atom is 0.164 e. The molecule has 0 radical (unpaired) electrons. The molecule has 43 heavy (non-hydrogen) atoms. The molecule has 2 aromatic heterocycles. The van der Waals surface area contributed by atoms with Crippen molar-refractivity contribution in [2.45, 2.75) is 0 Å². The van der Waals surface area contributed by atoms with Gasteiger partial charge in [0.1, 0.15) is 11.2 Å². The van der Waals surface area contributed by atoms with Crippen molar-refractivity contribution in [2.24, 2.45) is 0 Å². The predicted octanol–water partition coefficient (Wildman–Crippen LogP) is 10.1. The van der Waals surface area contributed by atoms with E-state index in [2.05, 4.69) is 0 Å². The van der Waals surface area contributed by atoms with Crippen molar-refractivity contribution < 1.29 is 14.0 Å². The number of rotatable bonds is 5. The van der Waals surface area contributed by atoms with E-state index < -0.39 is 24.2 Å². The van der Waals surface area contributed by atoms with Gasteiger partial charge in [0, 0.05) is 27.5 Å². The number of para-hydroxylation sites is 1. The van der Waals surface area contributed by atoms with E-state index in [1.165, 1.54) is 0 Å². The highest BCUT2D eigenvalue weighted by atomic mass is 16.3. The van der Waals surface area contributed by atoms with Gasteiger partial charge in [-0.25, -0.2) is 15.0 Å². The quantitative estimate of drug-likeness (QED) is 0.211. The van der Waals surface area contributed by atoms with Crippen LogP contribution in [0.25, 0.3) is 78.4 Å². The number of furan rings is 1. The summed E-state index contributed by atoms with van der Waals surface area (Å²) in [6, 6.07) is 32.4. The Balaban J connectivity index is 1.38. The molecule has 8 rings (SSSR count). The minimum atomic E-state index is -0.492. The SMILES string of the molecule is [2H]c1c([2H])c([2H])c2c(oc3c([2H])c([2H])c(-c4nc(-c5ccc(-c6ccccc6)cc5)nc(-c5cccc(-c6ccccc6)c5)n4)c([2H])c32)c1[2H]. The Morgan fingerprint density at radius 1 is 0.419 bits per heavy atom. The number of nitrogens with zero attached hydrogens (tertiary/aromatic N) is 3. The van der Waals surface area contributed by atoms with Gasteiger partial charge in [-0.2, -0.15) is 0 Å². The lowest BCUT2D eigenvalue weighted by Crippen LogP contribution is -2.00. The summed E-state index contributed by atoms with van der Waals surface area (Å²) < 4.78 is 66.3. The summed E-state index contributed by atoms with van der Waals surface area (Å²) in [5.41, 5.74) is 4.90. The van der Waals surface area contributed by atoms with Gasteiger partial charge in [-0.3, -0.25) is 0 Å². The lowest BCUT2D eigenvalue weighted by Gasteiger charge is -2.10. The molecule has 0 N–H and O–H groups in total. The molecule has 0 saturated carbocycles. The van der Waals surface area contributed by atoms with Gasteiger partial charge in [0.25, 0.3) is 0 Å². The van der Waals surface area contributed by atoms with Crippen LogP contribution in [0.3, 0.4) is 0 Å². The van der Waals surface area contributed by atoms with Crippen molar-refractivity contribution >= 4 is 21.9 Å². The summed E-state index contributed by atoms with van der Waals surface area (Å²) in [5.74, 6) is 0.557. The zero-order valence-corrected chi connectivity index (χ0v) is 22.6. The molecule has 0 saturated heterocycles. The molecule has 6 aromatic carbocycles. The molecule has 0 aliphatic rings. The molecular formula is C39H25N3O. The van der Waals surface area contributed by atoms with Gasteiger partial charge < -0.3 is 4.42 Å². The van der Waals surface area contributed by atoms with Gasteiger partial charge >= 0.3 is 0 Å². The Morgan fingerprint density at radius 2 is 0.953 bits per heavy atom. The second kappa shape index (κ2) is 10.5. The maximum absolute atomic E-state index is 9.31. The minimum Gasteiger partial charge on any atom is -0.456 e. The van der Waals surface area contributed by atoms with Crippen LogP contribution in [0.4, 0.5) is 0 Å². The summed E-state index contributed by atoms with van der Waals surface area (Å²) in [6.07, 6.45) is 0. The van der Waals surface area contributed by atoms with Crippen LogP contribution in [0.5, 0.6) is 0 Å². The van der Waals surface area contributed by atoms with Crippen molar-refractivity contribution in [1.82, 2.24) is 15.0 Å².